The molecule has 1 heterocycles. The molecule has 0 aliphatic carbocycles. The van der Waals surface area contributed by atoms with Gasteiger partial charge < -0.3 is 15.7 Å². The third-order valence-electron chi connectivity index (χ3n) is 2.82. The Morgan fingerprint density at radius 2 is 2.18 bits per heavy atom. The first-order valence-electron chi connectivity index (χ1n) is 5.51. The zero-order chi connectivity index (χ0) is 12.3. The first-order valence-corrected chi connectivity index (χ1v) is 5.51. The highest BCUT2D eigenvalue weighted by Gasteiger charge is 2.26. The predicted octanol–water partition coefficient (Wildman–Crippen LogP) is 0.787. The van der Waals surface area contributed by atoms with E-state index in [1.54, 1.807) is 0 Å². The standard InChI is InChI=1S/C12H14N2O3/c15-11(16)7-14-12(17)9-5-6-13-10-4-2-1-3-8(9)10/h1-4,9,13H,5-7H2,(H,14,17)(H,15,16). The number of hydrogen-bond acceptors (Lipinski definition) is 3. The van der Waals surface area contributed by atoms with Gasteiger partial charge in [-0.1, -0.05) is 18.2 Å². The summed E-state index contributed by atoms with van der Waals surface area (Å²) in [7, 11) is 0. The van der Waals surface area contributed by atoms with Crippen LogP contribution in [0, 0.1) is 0 Å². The number of rotatable bonds is 3. The van der Waals surface area contributed by atoms with Crippen LogP contribution in [0.3, 0.4) is 0 Å². The van der Waals surface area contributed by atoms with Crippen LogP contribution in [0.15, 0.2) is 24.3 Å². The van der Waals surface area contributed by atoms with Crippen molar-refractivity contribution in [1.82, 2.24) is 5.32 Å². The number of amides is 1. The van der Waals surface area contributed by atoms with E-state index in [4.69, 9.17) is 5.11 Å². The van der Waals surface area contributed by atoms with E-state index in [2.05, 4.69) is 10.6 Å². The van der Waals surface area contributed by atoms with Gasteiger partial charge in [-0.15, -0.1) is 0 Å². The third-order valence-corrected chi connectivity index (χ3v) is 2.82. The lowest BCUT2D eigenvalue weighted by atomic mass is 9.90. The van der Waals surface area contributed by atoms with Crippen LogP contribution in [0.2, 0.25) is 0 Å². The Hall–Kier alpha value is -2.04. The number of carbonyl (C=O) groups is 2. The highest BCUT2D eigenvalue weighted by molar-refractivity contribution is 5.88. The second-order valence-corrected chi connectivity index (χ2v) is 3.97. The van der Waals surface area contributed by atoms with E-state index in [0.29, 0.717) is 6.42 Å². The minimum Gasteiger partial charge on any atom is -0.480 e. The van der Waals surface area contributed by atoms with E-state index >= 15 is 0 Å². The Kier molecular flexibility index (Phi) is 3.27. The third kappa shape index (κ3) is 2.55. The lowest BCUT2D eigenvalue weighted by molar-refractivity contribution is -0.138. The van der Waals surface area contributed by atoms with E-state index in [-0.39, 0.29) is 18.4 Å². The first-order chi connectivity index (χ1) is 8.18. The molecule has 1 amide bonds. The van der Waals surface area contributed by atoms with Crippen molar-refractivity contribution in [3.05, 3.63) is 29.8 Å². The Bertz CT molecular complexity index is 445. The summed E-state index contributed by atoms with van der Waals surface area (Å²) in [5.41, 5.74) is 1.89. The van der Waals surface area contributed by atoms with Crippen molar-refractivity contribution in [1.29, 1.82) is 0 Å². The van der Waals surface area contributed by atoms with E-state index < -0.39 is 5.97 Å². The minimum absolute atomic E-state index is 0.221. The summed E-state index contributed by atoms with van der Waals surface area (Å²) < 4.78 is 0. The van der Waals surface area contributed by atoms with Gasteiger partial charge in [0.1, 0.15) is 6.54 Å². The normalized spacial score (nSPS) is 17.8. The average Bonchev–Trinajstić information content (AvgIpc) is 2.35. The first kappa shape index (κ1) is 11.4. The molecule has 5 heteroatoms. The topological polar surface area (TPSA) is 78.4 Å². The molecule has 0 saturated heterocycles. The molecular formula is C12H14N2O3. The molecule has 0 spiro atoms. The van der Waals surface area contributed by atoms with Gasteiger partial charge in [-0.3, -0.25) is 9.59 Å². The monoisotopic (exact) mass is 234 g/mol. The maximum atomic E-state index is 11.9. The number of hydrogen-bond donors (Lipinski definition) is 3. The molecule has 5 nitrogen and oxygen atoms in total. The van der Waals surface area contributed by atoms with Gasteiger partial charge in [0.15, 0.2) is 0 Å². The Balaban J connectivity index is 2.12. The van der Waals surface area contributed by atoms with Crippen LogP contribution in [0.5, 0.6) is 0 Å². The summed E-state index contributed by atoms with van der Waals surface area (Å²) in [6.07, 6.45) is 0.683. The van der Waals surface area contributed by atoms with E-state index in [1.807, 2.05) is 24.3 Å². The number of nitrogens with one attached hydrogen (secondary N) is 2. The molecule has 0 fully saturated rings. The number of para-hydroxylation sites is 1. The SMILES string of the molecule is O=C(O)CNC(=O)C1CCNc2ccccc21. The second kappa shape index (κ2) is 4.86. The van der Waals surface area contributed by atoms with Gasteiger partial charge in [-0.2, -0.15) is 0 Å². The van der Waals surface area contributed by atoms with Gasteiger partial charge in [0.25, 0.3) is 0 Å². The molecule has 0 saturated carbocycles. The van der Waals surface area contributed by atoms with Gasteiger partial charge in [0.2, 0.25) is 5.91 Å². The Morgan fingerprint density at radius 3 is 2.94 bits per heavy atom. The lowest BCUT2D eigenvalue weighted by Gasteiger charge is -2.25. The maximum Gasteiger partial charge on any atom is 0.322 e. The molecule has 17 heavy (non-hydrogen) atoms. The van der Waals surface area contributed by atoms with E-state index in [9.17, 15) is 9.59 Å². The summed E-state index contributed by atoms with van der Waals surface area (Å²) in [5.74, 6) is -1.51. The number of carbonyl (C=O) groups excluding carboxylic acids is 1. The molecule has 3 N–H and O–H groups in total. The van der Waals surface area contributed by atoms with E-state index in [0.717, 1.165) is 17.8 Å². The smallest absolute Gasteiger partial charge is 0.322 e. The van der Waals surface area contributed by atoms with Gasteiger partial charge >= 0.3 is 5.97 Å². The number of anilines is 1. The number of carboxylic acids is 1. The van der Waals surface area contributed by atoms with Crippen LogP contribution in [-0.4, -0.2) is 30.1 Å². The highest BCUT2D eigenvalue weighted by atomic mass is 16.4. The van der Waals surface area contributed by atoms with Crippen LogP contribution in [0.25, 0.3) is 0 Å². The number of fused-ring (bicyclic) bond motifs is 1. The van der Waals surface area contributed by atoms with Gasteiger partial charge in [0.05, 0.1) is 5.92 Å². The second-order valence-electron chi connectivity index (χ2n) is 3.97. The number of aliphatic carboxylic acids is 1. The minimum atomic E-state index is -1.03. The fourth-order valence-electron chi connectivity index (χ4n) is 2.03. The molecule has 2 rings (SSSR count). The Morgan fingerprint density at radius 1 is 1.41 bits per heavy atom. The fourth-order valence-corrected chi connectivity index (χ4v) is 2.03. The molecule has 1 aromatic rings. The molecule has 0 bridgehead atoms. The van der Waals surface area contributed by atoms with E-state index in [1.165, 1.54) is 0 Å². The van der Waals surface area contributed by atoms with Crippen molar-refractivity contribution < 1.29 is 14.7 Å². The van der Waals surface area contributed by atoms with Crippen LogP contribution < -0.4 is 10.6 Å². The van der Waals surface area contributed by atoms with Crippen LogP contribution in [-0.2, 0) is 9.59 Å². The number of benzene rings is 1. The average molecular weight is 234 g/mol. The lowest BCUT2D eigenvalue weighted by Crippen LogP contribution is -2.35. The molecule has 1 atom stereocenters. The molecule has 0 aromatic heterocycles. The van der Waals surface area contributed by atoms with Crippen LogP contribution >= 0.6 is 0 Å². The summed E-state index contributed by atoms with van der Waals surface area (Å²) in [6, 6.07) is 7.60. The summed E-state index contributed by atoms with van der Waals surface area (Å²) in [5, 5.41) is 14.2. The zero-order valence-electron chi connectivity index (χ0n) is 9.27. The quantitative estimate of drug-likeness (QED) is 0.722. The van der Waals surface area contributed by atoms with Crippen molar-refractivity contribution in [2.75, 3.05) is 18.4 Å². The molecule has 1 aliphatic heterocycles. The summed E-state index contributed by atoms with van der Waals surface area (Å²) >= 11 is 0. The van der Waals surface area contributed by atoms with Crippen molar-refractivity contribution in [2.24, 2.45) is 0 Å². The Labute approximate surface area is 98.8 Å². The molecule has 1 aliphatic rings. The molecule has 0 radical (unpaired) electrons. The van der Waals surface area contributed by atoms with Crippen molar-refractivity contribution in [3.8, 4) is 0 Å². The van der Waals surface area contributed by atoms with Crippen molar-refractivity contribution in [3.63, 3.8) is 0 Å². The summed E-state index contributed by atoms with van der Waals surface area (Å²) in [6.45, 7) is 0.396. The van der Waals surface area contributed by atoms with Gasteiger partial charge in [-0.05, 0) is 18.1 Å². The summed E-state index contributed by atoms with van der Waals surface area (Å²) in [4.78, 5) is 22.3. The molecular weight excluding hydrogens is 220 g/mol. The van der Waals surface area contributed by atoms with Crippen molar-refractivity contribution in [2.45, 2.75) is 12.3 Å². The predicted molar refractivity (Wildman–Crippen MR) is 62.9 cm³/mol. The van der Waals surface area contributed by atoms with Crippen molar-refractivity contribution >= 4 is 17.6 Å². The zero-order valence-corrected chi connectivity index (χ0v) is 9.27. The van der Waals surface area contributed by atoms with Crippen LogP contribution in [0.4, 0.5) is 5.69 Å². The van der Waals surface area contributed by atoms with Gasteiger partial charge in [-0.25, -0.2) is 0 Å². The molecule has 1 unspecified atom stereocenters. The number of carboxylic acid groups (broad SMARTS) is 1. The van der Waals surface area contributed by atoms with Gasteiger partial charge in [0, 0.05) is 12.2 Å². The highest BCUT2D eigenvalue weighted by Crippen LogP contribution is 2.31. The molecule has 1 aromatic carbocycles. The maximum absolute atomic E-state index is 11.9. The fraction of sp³-hybridized carbons (Fsp3) is 0.333. The molecule has 90 valence electrons. The van der Waals surface area contributed by atoms with Crippen LogP contribution in [0.1, 0.15) is 17.9 Å². The largest absolute Gasteiger partial charge is 0.480 e.